The minimum Gasteiger partial charge on any atom is -0.409 e. The van der Waals surface area contributed by atoms with Gasteiger partial charge in [-0.3, -0.25) is 4.79 Å². The minimum absolute atomic E-state index is 0.370. The van der Waals surface area contributed by atoms with Gasteiger partial charge in [0.05, 0.1) is 0 Å². The summed E-state index contributed by atoms with van der Waals surface area (Å²) < 4.78 is 4.54. The van der Waals surface area contributed by atoms with Crippen molar-refractivity contribution in [2.24, 2.45) is 0 Å². The molecule has 1 aromatic rings. The maximum Gasteiger partial charge on any atom is 0.299 e. The Morgan fingerprint density at radius 3 is 3.10 bits per heavy atom. The first kappa shape index (κ1) is 6.74. The molecular formula is C7H7NO2. The largest absolute Gasteiger partial charge is 0.409 e. The fraction of sp³-hybridized carbons (Fsp3) is 0.143. The summed E-state index contributed by atoms with van der Waals surface area (Å²) in [5.74, 6) is 0.373. The van der Waals surface area contributed by atoms with Crippen molar-refractivity contribution in [1.29, 1.82) is 0 Å². The standard InChI is InChI=1S/C7H7NO2/c1-6-3-2-4-8-7(6)10-5-9/h2-5H,1H3. The van der Waals surface area contributed by atoms with Crippen molar-refractivity contribution in [3.05, 3.63) is 23.9 Å². The summed E-state index contributed by atoms with van der Waals surface area (Å²) in [5.41, 5.74) is 0.856. The Balaban J connectivity index is 2.91. The number of carbonyl (C=O) groups excluding carboxylic acids is 1. The van der Waals surface area contributed by atoms with Gasteiger partial charge in [-0.05, 0) is 13.0 Å². The van der Waals surface area contributed by atoms with Crippen LogP contribution in [0, 0.1) is 6.92 Å². The van der Waals surface area contributed by atoms with Crippen LogP contribution in [0.25, 0.3) is 0 Å². The molecule has 1 aromatic heterocycles. The molecule has 0 atom stereocenters. The second kappa shape index (κ2) is 2.96. The molecule has 0 saturated carbocycles. The van der Waals surface area contributed by atoms with E-state index in [0.717, 1.165) is 5.56 Å². The van der Waals surface area contributed by atoms with Crippen LogP contribution >= 0.6 is 0 Å². The normalized spacial score (nSPS) is 8.90. The Bertz CT molecular complexity index is 235. The van der Waals surface area contributed by atoms with Crippen LogP contribution in [0.3, 0.4) is 0 Å². The van der Waals surface area contributed by atoms with E-state index in [1.807, 2.05) is 13.0 Å². The molecule has 1 rings (SSSR count). The van der Waals surface area contributed by atoms with E-state index in [9.17, 15) is 4.79 Å². The zero-order chi connectivity index (χ0) is 7.40. The molecule has 0 spiro atoms. The fourth-order valence-corrected chi connectivity index (χ4v) is 0.640. The van der Waals surface area contributed by atoms with E-state index in [-0.39, 0.29) is 0 Å². The van der Waals surface area contributed by atoms with Crippen molar-refractivity contribution in [3.63, 3.8) is 0 Å². The first-order valence-corrected chi connectivity index (χ1v) is 2.86. The lowest BCUT2D eigenvalue weighted by atomic mass is 10.3. The van der Waals surface area contributed by atoms with E-state index in [1.54, 1.807) is 12.3 Å². The predicted molar refractivity (Wildman–Crippen MR) is 35.7 cm³/mol. The molecule has 0 fully saturated rings. The Morgan fingerprint density at radius 2 is 2.50 bits per heavy atom. The lowest BCUT2D eigenvalue weighted by Crippen LogP contribution is -1.93. The van der Waals surface area contributed by atoms with Crippen molar-refractivity contribution in [3.8, 4) is 5.88 Å². The third-order valence-electron chi connectivity index (χ3n) is 1.12. The van der Waals surface area contributed by atoms with E-state index in [1.165, 1.54) is 0 Å². The van der Waals surface area contributed by atoms with E-state index >= 15 is 0 Å². The molecule has 0 aliphatic rings. The quantitative estimate of drug-likeness (QED) is 0.569. The molecule has 0 radical (unpaired) electrons. The van der Waals surface area contributed by atoms with Gasteiger partial charge in [0.2, 0.25) is 5.88 Å². The van der Waals surface area contributed by atoms with E-state index in [0.29, 0.717) is 12.4 Å². The Labute approximate surface area is 58.7 Å². The summed E-state index contributed by atoms with van der Waals surface area (Å²) in [7, 11) is 0. The molecule has 0 aliphatic heterocycles. The number of rotatable bonds is 2. The Kier molecular flexibility index (Phi) is 1.99. The van der Waals surface area contributed by atoms with Crippen molar-refractivity contribution in [2.75, 3.05) is 0 Å². The molecular weight excluding hydrogens is 130 g/mol. The van der Waals surface area contributed by atoms with Gasteiger partial charge < -0.3 is 4.74 Å². The average Bonchev–Trinajstić information content (AvgIpc) is 1.94. The first-order valence-electron chi connectivity index (χ1n) is 2.86. The smallest absolute Gasteiger partial charge is 0.299 e. The highest BCUT2D eigenvalue weighted by Crippen LogP contribution is 2.10. The van der Waals surface area contributed by atoms with Crippen LogP contribution in [0.1, 0.15) is 5.56 Å². The molecule has 0 unspecified atom stereocenters. The fourth-order valence-electron chi connectivity index (χ4n) is 0.640. The molecule has 3 nitrogen and oxygen atoms in total. The van der Waals surface area contributed by atoms with Gasteiger partial charge >= 0.3 is 0 Å². The number of pyridine rings is 1. The number of nitrogens with zero attached hydrogens (tertiary/aromatic N) is 1. The monoisotopic (exact) mass is 137 g/mol. The van der Waals surface area contributed by atoms with Crippen LogP contribution in [0.2, 0.25) is 0 Å². The summed E-state index contributed by atoms with van der Waals surface area (Å²) in [6.45, 7) is 2.20. The molecule has 0 amide bonds. The number of ether oxygens (including phenoxy) is 1. The molecule has 10 heavy (non-hydrogen) atoms. The molecule has 3 heteroatoms. The highest BCUT2D eigenvalue weighted by atomic mass is 16.5. The maximum absolute atomic E-state index is 9.86. The summed E-state index contributed by atoms with van der Waals surface area (Å²) in [5, 5.41) is 0. The number of aromatic nitrogens is 1. The van der Waals surface area contributed by atoms with Crippen LogP contribution in [-0.2, 0) is 4.79 Å². The van der Waals surface area contributed by atoms with Gasteiger partial charge in [-0.1, -0.05) is 6.07 Å². The van der Waals surface area contributed by atoms with Gasteiger partial charge in [-0.25, -0.2) is 4.98 Å². The molecule has 0 aliphatic carbocycles. The first-order chi connectivity index (χ1) is 4.84. The van der Waals surface area contributed by atoms with Crippen LogP contribution < -0.4 is 4.74 Å². The van der Waals surface area contributed by atoms with E-state index in [4.69, 9.17) is 0 Å². The number of carbonyl (C=O) groups is 1. The van der Waals surface area contributed by atoms with Crippen molar-refractivity contribution >= 4 is 6.47 Å². The van der Waals surface area contributed by atoms with Gasteiger partial charge in [0.15, 0.2) is 0 Å². The van der Waals surface area contributed by atoms with Gasteiger partial charge in [0, 0.05) is 11.8 Å². The van der Waals surface area contributed by atoms with Crippen LogP contribution in [0.15, 0.2) is 18.3 Å². The minimum atomic E-state index is 0.370. The summed E-state index contributed by atoms with van der Waals surface area (Å²) in [6.07, 6.45) is 1.58. The SMILES string of the molecule is Cc1cccnc1OC=O. The van der Waals surface area contributed by atoms with E-state index < -0.39 is 0 Å². The predicted octanol–water partition coefficient (Wildman–Crippen LogP) is 0.925. The highest BCUT2D eigenvalue weighted by molar-refractivity contribution is 5.44. The van der Waals surface area contributed by atoms with Gasteiger partial charge in [-0.15, -0.1) is 0 Å². The molecule has 0 N–H and O–H groups in total. The van der Waals surface area contributed by atoms with Crippen LogP contribution in [-0.4, -0.2) is 11.5 Å². The highest BCUT2D eigenvalue weighted by Gasteiger charge is 1.95. The zero-order valence-corrected chi connectivity index (χ0v) is 5.57. The lowest BCUT2D eigenvalue weighted by molar-refractivity contribution is -0.121. The van der Waals surface area contributed by atoms with Crippen LogP contribution in [0.5, 0.6) is 5.88 Å². The van der Waals surface area contributed by atoms with Gasteiger partial charge in [-0.2, -0.15) is 0 Å². The molecule has 0 aromatic carbocycles. The number of hydrogen-bond acceptors (Lipinski definition) is 3. The lowest BCUT2D eigenvalue weighted by Gasteiger charge is -1.97. The van der Waals surface area contributed by atoms with E-state index in [2.05, 4.69) is 9.72 Å². The molecule has 0 saturated heterocycles. The average molecular weight is 137 g/mol. The number of aryl methyl sites for hydroxylation is 1. The van der Waals surface area contributed by atoms with Crippen molar-refractivity contribution in [1.82, 2.24) is 4.98 Å². The third-order valence-corrected chi connectivity index (χ3v) is 1.12. The summed E-state index contributed by atoms with van der Waals surface area (Å²) in [6, 6.07) is 3.61. The second-order valence-corrected chi connectivity index (χ2v) is 1.84. The summed E-state index contributed by atoms with van der Waals surface area (Å²) in [4.78, 5) is 13.7. The summed E-state index contributed by atoms with van der Waals surface area (Å²) >= 11 is 0. The molecule has 52 valence electrons. The Morgan fingerprint density at radius 1 is 1.70 bits per heavy atom. The van der Waals surface area contributed by atoms with Crippen LogP contribution in [0.4, 0.5) is 0 Å². The Hall–Kier alpha value is -1.38. The second-order valence-electron chi connectivity index (χ2n) is 1.84. The maximum atomic E-state index is 9.86. The molecule has 1 heterocycles. The topological polar surface area (TPSA) is 39.2 Å². The van der Waals surface area contributed by atoms with Gasteiger partial charge in [0.1, 0.15) is 0 Å². The zero-order valence-electron chi connectivity index (χ0n) is 5.57. The van der Waals surface area contributed by atoms with Gasteiger partial charge in [0.25, 0.3) is 6.47 Å². The van der Waals surface area contributed by atoms with Crippen molar-refractivity contribution < 1.29 is 9.53 Å². The molecule has 0 bridgehead atoms. The number of hydrogen-bond donors (Lipinski definition) is 0. The van der Waals surface area contributed by atoms with Crippen molar-refractivity contribution in [2.45, 2.75) is 6.92 Å². The third kappa shape index (κ3) is 1.31.